The van der Waals surface area contributed by atoms with Crippen molar-refractivity contribution in [2.75, 3.05) is 36.0 Å². The lowest BCUT2D eigenvalue weighted by Gasteiger charge is -2.71. The minimum Gasteiger partial charge on any atom is -0.382 e. The van der Waals surface area contributed by atoms with Crippen LogP contribution in [0.15, 0.2) is 11.8 Å². The van der Waals surface area contributed by atoms with Crippen LogP contribution in [0.5, 0.6) is 0 Å². The van der Waals surface area contributed by atoms with E-state index in [2.05, 4.69) is 50.9 Å². The van der Waals surface area contributed by atoms with Gasteiger partial charge in [0.15, 0.2) is 0 Å². The van der Waals surface area contributed by atoms with Gasteiger partial charge in [-0.25, -0.2) is 0 Å². The first-order valence-corrected chi connectivity index (χ1v) is 11.7. The van der Waals surface area contributed by atoms with Gasteiger partial charge in [-0.05, 0) is 61.4 Å². The van der Waals surface area contributed by atoms with Gasteiger partial charge < -0.3 is 5.32 Å². The first-order chi connectivity index (χ1) is 8.05. The molecule has 0 amide bonds. The Morgan fingerprint density at radius 1 is 1.39 bits per heavy atom. The Balaban J connectivity index is 2.14. The summed E-state index contributed by atoms with van der Waals surface area (Å²) in [6.07, 6.45) is 13.2. The molecule has 0 spiro atoms. The molecule has 0 saturated carbocycles. The molecule has 2 heterocycles. The van der Waals surface area contributed by atoms with Gasteiger partial charge in [0.2, 0.25) is 0 Å². The first-order valence-electron chi connectivity index (χ1n) is 7.53. The normalized spacial score (nSPS) is 41.1. The van der Waals surface area contributed by atoms with Gasteiger partial charge in [0.1, 0.15) is 0 Å². The summed E-state index contributed by atoms with van der Waals surface area (Å²) in [5.74, 6) is 6.10. The minimum atomic E-state index is -1.80. The highest BCUT2D eigenvalue weighted by Gasteiger charge is 2.54. The number of nitrogens with one attached hydrogen (secondary N) is 1. The average Bonchev–Trinajstić information content (AvgIpc) is 2.46. The predicted molar refractivity (Wildman–Crippen MR) is 88.2 cm³/mol. The molecule has 1 fully saturated rings. The van der Waals surface area contributed by atoms with E-state index in [4.69, 9.17) is 0 Å². The largest absolute Gasteiger partial charge is 0.382 e. The van der Waals surface area contributed by atoms with E-state index in [9.17, 15) is 0 Å². The van der Waals surface area contributed by atoms with E-state index in [1.165, 1.54) is 30.1 Å². The Bertz CT molecular complexity index is 385. The summed E-state index contributed by atoms with van der Waals surface area (Å²) in [6.45, 7) is 7.03. The van der Waals surface area contributed by atoms with Crippen LogP contribution in [0, 0.1) is 11.8 Å². The maximum Gasteiger partial charge on any atom is 0.0432 e. The van der Waals surface area contributed by atoms with E-state index in [1.807, 2.05) is 0 Å². The second-order valence-corrected chi connectivity index (χ2v) is 19.0. The van der Waals surface area contributed by atoms with E-state index in [0.29, 0.717) is 6.04 Å². The Labute approximate surface area is 113 Å². The fourth-order valence-corrected chi connectivity index (χ4v) is 10.9. The van der Waals surface area contributed by atoms with Crippen molar-refractivity contribution in [3.05, 3.63) is 11.8 Å². The van der Waals surface area contributed by atoms with Gasteiger partial charge in [-0.2, -0.15) is 0 Å². The molecular weight excluding hydrogens is 238 g/mol. The summed E-state index contributed by atoms with van der Waals surface area (Å²) in [7, 11) is -1.80. The van der Waals surface area contributed by atoms with Crippen LogP contribution in [0.3, 0.4) is 0 Å². The smallest absolute Gasteiger partial charge is 0.0432 e. The fraction of sp³-hybridized carbons (Fsp3) is 0.875. The third-order valence-electron chi connectivity index (χ3n) is 5.29. The van der Waals surface area contributed by atoms with Crippen molar-refractivity contribution in [1.82, 2.24) is 5.32 Å². The van der Waals surface area contributed by atoms with Crippen LogP contribution in [-0.4, -0.2) is 42.1 Å². The Morgan fingerprint density at radius 3 is 2.50 bits per heavy atom. The van der Waals surface area contributed by atoms with Crippen molar-refractivity contribution in [3.63, 3.8) is 0 Å². The van der Waals surface area contributed by atoms with E-state index < -0.39 is 8.29 Å². The molecule has 0 bridgehead atoms. The van der Waals surface area contributed by atoms with Gasteiger partial charge in [0.05, 0.1) is 0 Å². The standard InChI is InChI=1S/C16H33NS/c1-7-13(2)11-18(4,5,6)9-8-15(12-18)16-10-14(3)17-16/h10,13-15,17H,7-9,11-12H2,1-6H3. The summed E-state index contributed by atoms with van der Waals surface area (Å²) in [5.41, 5.74) is 1.56. The quantitative estimate of drug-likeness (QED) is 0.822. The lowest BCUT2D eigenvalue weighted by atomic mass is 9.97. The molecule has 0 aromatic carbocycles. The Morgan fingerprint density at radius 2 is 2.00 bits per heavy atom. The van der Waals surface area contributed by atoms with E-state index in [-0.39, 0.29) is 0 Å². The van der Waals surface area contributed by atoms with Crippen molar-refractivity contribution >= 4 is 8.29 Å². The van der Waals surface area contributed by atoms with E-state index in [0.717, 1.165) is 11.8 Å². The van der Waals surface area contributed by atoms with Gasteiger partial charge in [-0.15, -0.1) is 0 Å². The maximum absolute atomic E-state index is 3.60. The molecule has 2 heteroatoms. The van der Waals surface area contributed by atoms with Crippen molar-refractivity contribution in [2.24, 2.45) is 11.8 Å². The second-order valence-electron chi connectivity index (χ2n) is 9.03. The molecule has 108 valence electrons. The molecule has 1 nitrogen and oxygen atoms in total. The zero-order valence-corrected chi connectivity index (χ0v) is 14.1. The molecule has 0 aromatic heterocycles. The van der Waals surface area contributed by atoms with Gasteiger partial charge in [0.25, 0.3) is 0 Å². The highest BCUT2D eigenvalue weighted by molar-refractivity contribution is 8.63. The molecule has 1 saturated heterocycles. The van der Waals surface area contributed by atoms with Crippen LogP contribution in [0.2, 0.25) is 0 Å². The van der Waals surface area contributed by atoms with Gasteiger partial charge in [-0.1, -0.05) is 20.3 Å². The molecule has 2 aliphatic heterocycles. The Kier molecular flexibility index (Phi) is 2.95. The molecule has 0 aromatic rings. The number of rotatable bonds is 4. The minimum absolute atomic E-state index is 0.612. The van der Waals surface area contributed by atoms with Gasteiger partial charge >= 0.3 is 0 Å². The molecule has 18 heavy (non-hydrogen) atoms. The van der Waals surface area contributed by atoms with Crippen LogP contribution in [-0.2, 0) is 0 Å². The van der Waals surface area contributed by atoms with Crippen molar-refractivity contribution in [2.45, 2.75) is 39.7 Å². The molecule has 3 unspecified atom stereocenters. The SMILES string of the molecule is CCC(C)CS1(C)(C)(C)CCC(C2=CC(C)N2)C1. The number of hydrogen-bond donors (Lipinski definition) is 1. The number of hydrogen-bond acceptors (Lipinski definition) is 1. The summed E-state index contributed by atoms with van der Waals surface area (Å²) >= 11 is 0. The fourth-order valence-electron chi connectivity index (χ4n) is 4.27. The predicted octanol–water partition coefficient (Wildman–Crippen LogP) is 3.69. The van der Waals surface area contributed by atoms with E-state index in [1.54, 1.807) is 5.70 Å². The molecule has 1 N–H and O–H groups in total. The topological polar surface area (TPSA) is 12.0 Å². The number of allylic oxidation sites excluding steroid dienone is 1. The van der Waals surface area contributed by atoms with Crippen molar-refractivity contribution in [3.8, 4) is 0 Å². The van der Waals surface area contributed by atoms with Crippen LogP contribution in [0.1, 0.15) is 33.6 Å². The van der Waals surface area contributed by atoms with Crippen LogP contribution in [0.4, 0.5) is 0 Å². The molecule has 0 aliphatic carbocycles. The first kappa shape index (κ1) is 14.3. The van der Waals surface area contributed by atoms with Crippen molar-refractivity contribution in [1.29, 1.82) is 0 Å². The summed E-state index contributed by atoms with van der Waals surface area (Å²) in [5, 5.41) is 3.60. The van der Waals surface area contributed by atoms with Crippen molar-refractivity contribution < 1.29 is 0 Å². The van der Waals surface area contributed by atoms with Gasteiger partial charge in [-0.3, -0.25) is 8.29 Å². The lowest BCUT2D eigenvalue weighted by Crippen LogP contribution is -2.43. The molecule has 3 atom stereocenters. The Hall–Kier alpha value is -0.110. The third-order valence-corrected chi connectivity index (χ3v) is 11.2. The molecule has 2 rings (SSSR count). The summed E-state index contributed by atoms with van der Waals surface area (Å²) < 4.78 is 0. The molecular formula is C16H33NS. The zero-order chi connectivity index (χ0) is 13.7. The van der Waals surface area contributed by atoms with Gasteiger partial charge in [0, 0.05) is 17.7 Å². The third kappa shape index (κ3) is 2.74. The van der Waals surface area contributed by atoms with Crippen LogP contribution in [0.25, 0.3) is 0 Å². The molecule has 0 radical (unpaired) electrons. The monoisotopic (exact) mass is 271 g/mol. The second kappa shape index (κ2) is 3.71. The van der Waals surface area contributed by atoms with E-state index >= 15 is 0 Å². The van der Waals surface area contributed by atoms with Crippen LogP contribution >= 0.6 is 8.29 Å². The molecule has 2 aliphatic rings. The van der Waals surface area contributed by atoms with Crippen LogP contribution < -0.4 is 5.32 Å². The summed E-state index contributed by atoms with van der Waals surface area (Å²) in [4.78, 5) is 0. The summed E-state index contributed by atoms with van der Waals surface area (Å²) in [6, 6.07) is 0.612. The average molecular weight is 272 g/mol. The maximum atomic E-state index is 3.60. The highest BCUT2D eigenvalue weighted by Crippen LogP contribution is 2.86. The zero-order valence-electron chi connectivity index (χ0n) is 13.3. The lowest BCUT2D eigenvalue weighted by molar-refractivity contribution is 0.529. The highest BCUT2D eigenvalue weighted by atomic mass is 32.4.